The summed E-state index contributed by atoms with van der Waals surface area (Å²) < 4.78 is 5.17. The summed E-state index contributed by atoms with van der Waals surface area (Å²) in [6.45, 7) is 0.182. The predicted molar refractivity (Wildman–Crippen MR) is 86.9 cm³/mol. The van der Waals surface area contributed by atoms with Crippen LogP contribution < -0.4 is 10.6 Å². The minimum Gasteiger partial charge on any atom is -0.445 e. The molecule has 1 atom stereocenters. The number of amides is 2. The fourth-order valence-corrected chi connectivity index (χ4v) is 2.56. The molecule has 0 saturated heterocycles. The molecule has 118 valence electrons. The van der Waals surface area contributed by atoms with Crippen molar-refractivity contribution in [2.45, 2.75) is 25.5 Å². The van der Waals surface area contributed by atoms with Crippen LogP contribution in [0.3, 0.4) is 0 Å². The van der Waals surface area contributed by atoms with Crippen LogP contribution in [0.2, 0.25) is 0 Å². The molecule has 1 aliphatic rings. The maximum atomic E-state index is 12.2. The average Bonchev–Trinajstić information content (AvgIpc) is 2.73. The van der Waals surface area contributed by atoms with Gasteiger partial charge in [0.05, 0.1) is 0 Å². The molecule has 0 aliphatic carbocycles. The third-order valence-electron chi connectivity index (χ3n) is 3.80. The van der Waals surface area contributed by atoms with Gasteiger partial charge in [0.1, 0.15) is 12.6 Å². The molecule has 3 rings (SSSR count). The van der Waals surface area contributed by atoms with Crippen molar-refractivity contribution in [1.29, 1.82) is 0 Å². The van der Waals surface area contributed by atoms with Crippen molar-refractivity contribution in [3.63, 3.8) is 0 Å². The van der Waals surface area contributed by atoms with E-state index in [1.165, 1.54) is 0 Å². The van der Waals surface area contributed by atoms with Crippen molar-refractivity contribution in [2.75, 3.05) is 5.32 Å². The van der Waals surface area contributed by atoms with Crippen molar-refractivity contribution in [2.24, 2.45) is 0 Å². The lowest BCUT2D eigenvalue weighted by Crippen LogP contribution is -2.43. The number of anilines is 1. The Morgan fingerprint density at radius 2 is 1.87 bits per heavy atom. The smallest absolute Gasteiger partial charge is 0.408 e. The molecule has 1 aliphatic heterocycles. The highest BCUT2D eigenvalue weighted by Crippen LogP contribution is 2.21. The van der Waals surface area contributed by atoms with Crippen molar-refractivity contribution in [1.82, 2.24) is 5.32 Å². The summed E-state index contributed by atoms with van der Waals surface area (Å²) in [6.07, 6.45) is 0.682. The van der Waals surface area contributed by atoms with Crippen molar-refractivity contribution in [3.05, 3.63) is 65.7 Å². The van der Waals surface area contributed by atoms with E-state index in [1.54, 1.807) is 0 Å². The first-order chi connectivity index (χ1) is 11.2. The Kier molecular flexibility index (Phi) is 4.57. The van der Waals surface area contributed by atoms with Gasteiger partial charge in [-0.15, -0.1) is 0 Å². The Morgan fingerprint density at radius 3 is 2.70 bits per heavy atom. The fourth-order valence-electron chi connectivity index (χ4n) is 2.56. The first-order valence-electron chi connectivity index (χ1n) is 7.58. The third-order valence-corrected chi connectivity index (χ3v) is 3.80. The van der Waals surface area contributed by atoms with E-state index in [0.717, 1.165) is 23.2 Å². The van der Waals surface area contributed by atoms with E-state index < -0.39 is 12.1 Å². The van der Waals surface area contributed by atoms with Crippen LogP contribution in [0.4, 0.5) is 10.5 Å². The Labute approximate surface area is 134 Å². The van der Waals surface area contributed by atoms with E-state index >= 15 is 0 Å². The number of rotatable bonds is 3. The molecule has 0 saturated carbocycles. The minimum atomic E-state index is -0.592. The quantitative estimate of drug-likeness (QED) is 0.916. The Hall–Kier alpha value is -2.82. The summed E-state index contributed by atoms with van der Waals surface area (Å²) in [4.78, 5) is 24.1. The van der Waals surface area contributed by atoms with E-state index in [9.17, 15) is 9.59 Å². The molecule has 5 heteroatoms. The molecule has 23 heavy (non-hydrogen) atoms. The van der Waals surface area contributed by atoms with Gasteiger partial charge in [-0.05, 0) is 30.0 Å². The van der Waals surface area contributed by atoms with Crippen LogP contribution in [0.25, 0.3) is 0 Å². The predicted octanol–water partition coefficient (Wildman–Crippen LogP) is 2.87. The molecule has 5 nitrogen and oxygen atoms in total. The van der Waals surface area contributed by atoms with Crippen LogP contribution in [0, 0.1) is 0 Å². The van der Waals surface area contributed by atoms with Gasteiger partial charge in [-0.2, -0.15) is 0 Å². The first-order valence-corrected chi connectivity index (χ1v) is 7.58. The maximum Gasteiger partial charge on any atom is 0.408 e. The summed E-state index contributed by atoms with van der Waals surface area (Å²) >= 11 is 0. The summed E-state index contributed by atoms with van der Waals surface area (Å²) in [5.41, 5.74) is 2.78. The zero-order valence-electron chi connectivity index (χ0n) is 12.6. The second-order valence-corrected chi connectivity index (χ2v) is 5.44. The second kappa shape index (κ2) is 6.96. The molecule has 2 aromatic rings. The maximum absolute atomic E-state index is 12.2. The van der Waals surface area contributed by atoms with Gasteiger partial charge in [0, 0.05) is 5.69 Å². The number of fused-ring (bicyclic) bond motifs is 1. The molecule has 0 radical (unpaired) electrons. The number of nitrogens with one attached hydrogen (secondary N) is 2. The van der Waals surface area contributed by atoms with Crippen molar-refractivity contribution < 1.29 is 14.3 Å². The summed E-state index contributed by atoms with van der Waals surface area (Å²) in [6, 6.07) is 16.5. The van der Waals surface area contributed by atoms with Crippen molar-refractivity contribution in [3.8, 4) is 0 Å². The van der Waals surface area contributed by atoms with Gasteiger partial charge in [-0.3, -0.25) is 4.79 Å². The van der Waals surface area contributed by atoms with Crippen LogP contribution in [-0.4, -0.2) is 18.0 Å². The van der Waals surface area contributed by atoms with Gasteiger partial charge >= 0.3 is 6.09 Å². The van der Waals surface area contributed by atoms with Crippen LogP contribution in [0.5, 0.6) is 0 Å². The number of ether oxygens (including phenoxy) is 1. The normalized spacial score (nSPS) is 16.7. The van der Waals surface area contributed by atoms with Crippen LogP contribution in [-0.2, 0) is 22.6 Å². The average molecular weight is 310 g/mol. The summed E-state index contributed by atoms with van der Waals surface area (Å²) in [5, 5.41) is 5.48. The topological polar surface area (TPSA) is 67.4 Å². The molecule has 0 unspecified atom stereocenters. The second-order valence-electron chi connectivity index (χ2n) is 5.44. The molecule has 1 heterocycles. The fraction of sp³-hybridized carbons (Fsp3) is 0.222. The standard InChI is InChI=1S/C18H18N2O3/c21-17-16(11-10-14-8-4-5-9-15(14)19-17)20-18(22)23-12-13-6-2-1-3-7-13/h1-9,16H,10-12H2,(H,19,21)(H,20,22)/t16-/m1/s1. The number of hydrogen-bond donors (Lipinski definition) is 2. The van der Waals surface area contributed by atoms with E-state index in [2.05, 4.69) is 10.6 Å². The first kappa shape index (κ1) is 15.1. The van der Waals surface area contributed by atoms with E-state index in [-0.39, 0.29) is 12.5 Å². The van der Waals surface area contributed by atoms with E-state index in [4.69, 9.17) is 4.74 Å². The third kappa shape index (κ3) is 3.88. The van der Waals surface area contributed by atoms with Gasteiger partial charge < -0.3 is 15.4 Å². The highest BCUT2D eigenvalue weighted by Gasteiger charge is 2.25. The number of aryl methyl sites for hydroxylation is 1. The number of carbonyl (C=O) groups excluding carboxylic acids is 2. The Morgan fingerprint density at radius 1 is 1.13 bits per heavy atom. The monoisotopic (exact) mass is 310 g/mol. The molecule has 0 bridgehead atoms. The molecule has 2 aromatic carbocycles. The van der Waals surface area contributed by atoms with Crippen LogP contribution in [0.1, 0.15) is 17.5 Å². The van der Waals surface area contributed by atoms with Crippen molar-refractivity contribution >= 4 is 17.7 Å². The van der Waals surface area contributed by atoms with E-state index in [0.29, 0.717) is 6.42 Å². The lowest BCUT2D eigenvalue weighted by atomic mass is 10.1. The molecule has 0 fully saturated rings. The zero-order valence-corrected chi connectivity index (χ0v) is 12.6. The zero-order chi connectivity index (χ0) is 16.1. The highest BCUT2D eigenvalue weighted by atomic mass is 16.5. The summed E-state index contributed by atoms with van der Waals surface area (Å²) in [5.74, 6) is -0.216. The molecule has 0 spiro atoms. The molecular weight excluding hydrogens is 292 g/mol. The Bertz CT molecular complexity index is 700. The molecular formula is C18H18N2O3. The van der Waals surface area contributed by atoms with Gasteiger partial charge in [-0.25, -0.2) is 4.79 Å². The number of alkyl carbamates (subject to hydrolysis) is 1. The highest BCUT2D eigenvalue weighted by molar-refractivity contribution is 5.97. The molecule has 2 N–H and O–H groups in total. The lowest BCUT2D eigenvalue weighted by molar-refractivity contribution is -0.118. The number of para-hydroxylation sites is 1. The number of benzene rings is 2. The lowest BCUT2D eigenvalue weighted by Gasteiger charge is -2.15. The van der Waals surface area contributed by atoms with Crippen LogP contribution >= 0.6 is 0 Å². The Balaban J connectivity index is 1.56. The SMILES string of the molecule is O=C(N[C@@H]1CCc2ccccc2NC1=O)OCc1ccccc1. The van der Waals surface area contributed by atoms with Gasteiger partial charge in [0.15, 0.2) is 0 Å². The minimum absolute atomic E-state index is 0.182. The van der Waals surface area contributed by atoms with Gasteiger partial charge in [0.25, 0.3) is 0 Å². The van der Waals surface area contributed by atoms with Gasteiger partial charge in [0.2, 0.25) is 5.91 Å². The van der Waals surface area contributed by atoms with Gasteiger partial charge in [-0.1, -0.05) is 48.5 Å². The largest absolute Gasteiger partial charge is 0.445 e. The molecule has 2 amide bonds. The number of hydrogen-bond acceptors (Lipinski definition) is 3. The van der Waals surface area contributed by atoms with E-state index in [1.807, 2.05) is 54.6 Å². The molecule has 0 aromatic heterocycles. The summed E-state index contributed by atoms with van der Waals surface area (Å²) in [7, 11) is 0. The number of carbonyl (C=O) groups is 2. The van der Waals surface area contributed by atoms with Crippen LogP contribution in [0.15, 0.2) is 54.6 Å².